The maximum atomic E-state index is 2.41. The molecule has 6 aromatic rings. The van der Waals surface area contributed by atoms with E-state index in [1.165, 1.54) is 117 Å². The molecule has 0 bridgehead atoms. The summed E-state index contributed by atoms with van der Waals surface area (Å²) in [6.45, 7) is 13.3. The minimum atomic E-state index is 0. The Morgan fingerprint density at radius 1 is 0.458 bits per heavy atom. The van der Waals surface area contributed by atoms with Gasteiger partial charge in [0.05, 0.1) is 0 Å². The van der Waals surface area contributed by atoms with Gasteiger partial charge in [-0.3, -0.25) is 0 Å². The van der Waals surface area contributed by atoms with Gasteiger partial charge in [-0.25, -0.2) is 0 Å². The van der Waals surface area contributed by atoms with Gasteiger partial charge >= 0.3 is 26.2 Å². The van der Waals surface area contributed by atoms with Crippen LogP contribution in [0.3, 0.4) is 0 Å². The summed E-state index contributed by atoms with van der Waals surface area (Å²) in [7, 11) is 1.08. The molecule has 0 atom stereocenters. The van der Waals surface area contributed by atoms with Crippen molar-refractivity contribution < 1.29 is 26.2 Å². The number of rotatable bonds is 12. The van der Waals surface area contributed by atoms with Crippen LogP contribution in [0, 0.1) is 0 Å². The molecule has 0 nitrogen and oxygen atoms in total. The van der Waals surface area contributed by atoms with Crippen molar-refractivity contribution >= 4 is 31.1 Å². The van der Waals surface area contributed by atoms with Crippen LogP contribution in [-0.4, -0.2) is 9.52 Å². The predicted molar refractivity (Wildman–Crippen MR) is 213 cm³/mol. The Hall–Kier alpha value is -2.80. The molecule has 0 aliphatic rings. The Kier molecular flexibility index (Phi) is 17.6. The standard InChI is InChI=1S/2C22H25.C2H6Si.Zr/c2*1-3-5-10-17-15-19-12-8-14-21(22(19)16-17)20-13-7-6-11-18(20)9-4-2;1-3-2;/h2*6-8,11-16H,3-5,9-10H2,1-2H3;1-2H3;/q2*-1;;+2. The molecular formula is C46H56SiZr. The van der Waals surface area contributed by atoms with Crippen molar-refractivity contribution in [1.29, 1.82) is 0 Å². The van der Waals surface area contributed by atoms with Crippen LogP contribution in [0.25, 0.3) is 43.8 Å². The van der Waals surface area contributed by atoms with E-state index >= 15 is 0 Å². The van der Waals surface area contributed by atoms with Crippen LogP contribution < -0.4 is 0 Å². The number of benzene rings is 4. The fourth-order valence-corrected chi connectivity index (χ4v) is 6.65. The number of unbranched alkanes of at least 4 members (excludes halogenated alkanes) is 2. The molecule has 6 aromatic carbocycles. The van der Waals surface area contributed by atoms with Gasteiger partial charge in [0.1, 0.15) is 0 Å². The van der Waals surface area contributed by atoms with Gasteiger partial charge in [0.25, 0.3) is 0 Å². The summed E-state index contributed by atoms with van der Waals surface area (Å²) in [6.07, 6.45) is 12.1. The van der Waals surface area contributed by atoms with Crippen LogP contribution in [0.5, 0.6) is 0 Å². The minimum absolute atomic E-state index is 0. The predicted octanol–water partition coefficient (Wildman–Crippen LogP) is 13.8. The Morgan fingerprint density at radius 2 is 0.833 bits per heavy atom. The van der Waals surface area contributed by atoms with E-state index in [-0.39, 0.29) is 26.2 Å². The van der Waals surface area contributed by atoms with Crippen molar-refractivity contribution in [3.8, 4) is 22.3 Å². The molecule has 0 saturated heterocycles. The fraction of sp³-hybridized carbons (Fsp3) is 0.348. The van der Waals surface area contributed by atoms with E-state index < -0.39 is 0 Å². The van der Waals surface area contributed by atoms with Crippen molar-refractivity contribution in [3.05, 3.63) is 131 Å². The summed E-state index contributed by atoms with van der Waals surface area (Å²) in [5, 5.41) is 5.60. The number of fused-ring (bicyclic) bond motifs is 2. The molecular weight excluding hydrogens is 672 g/mol. The van der Waals surface area contributed by atoms with Gasteiger partial charge < -0.3 is 0 Å². The van der Waals surface area contributed by atoms with Crippen molar-refractivity contribution in [2.24, 2.45) is 0 Å². The summed E-state index contributed by atoms with van der Waals surface area (Å²) in [4.78, 5) is 0. The molecule has 0 aromatic heterocycles. The summed E-state index contributed by atoms with van der Waals surface area (Å²) >= 11 is 0. The van der Waals surface area contributed by atoms with Crippen LogP contribution >= 0.6 is 0 Å². The van der Waals surface area contributed by atoms with Crippen LogP contribution in [-0.2, 0) is 51.9 Å². The molecule has 2 heteroatoms. The maximum Gasteiger partial charge on any atom is 2.00 e. The molecule has 48 heavy (non-hydrogen) atoms. The van der Waals surface area contributed by atoms with E-state index in [9.17, 15) is 0 Å². The van der Waals surface area contributed by atoms with Crippen LogP contribution in [0.15, 0.2) is 109 Å². The molecule has 0 spiro atoms. The number of hydrogen-bond donors (Lipinski definition) is 0. The molecule has 0 unspecified atom stereocenters. The van der Waals surface area contributed by atoms with E-state index in [0.29, 0.717) is 0 Å². The molecule has 0 aliphatic heterocycles. The van der Waals surface area contributed by atoms with E-state index in [1.54, 1.807) is 0 Å². The van der Waals surface area contributed by atoms with Gasteiger partial charge in [0, 0.05) is 9.52 Å². The zero-order valence-electron chi connectivity index (χ0n) is 30.5. The largest absolute Gasteiger partial charge is 2.00 e. The van der Waals surface area contributed by atoms with Crippen molar-refractivity contribution in [3.63, 3.8) is 0 Å². The molecule has 0 N–H and O–H groups in total. The van der Waals surface area contributed by atoms with E-state index in [2.05, 4.69) is 150 Å². The molecule has 0 heterocycles. The Labute approximate surface area is 314 Å². The van der Waals surface area contributed by atoms with Crippen molar-refractivity contribution in [2.45, 2.75) is 105 Å². The number of hydrogen-bond acceptors (Lipinski definition) is 0. The Bertz CT molecular complexity index is 1650. The molecule has 0 amide bonds. The molecule has 0 aliphatic carbocycles. The number of aryl methyl sites for hydroxylation is 4. The smallest absolute Gasteiger partial charge is 0.164 e. The van der Waals surface area contributed by atoms with Gasteiger partial charge in [-0.05, 0) is 47.9 Å². The molecule has 0 fully saturated rings. The zero-order valence-corrected chi connectivity index (χ0v) is 33.9. The second kappa shape index (κ2) is 21.3. The van der Waals surface area contributed by atoms with Crippen molar-refractivity contribution in [2.75, 3.05) is 0 Å². The van der Waals surface area contributed by atoms with Gasteiger partial charge in [0.15, 0.2) is 0 Å². The normalized spacial score (nSPS) is 10.6. The van der Waals surface area contributed by atoms with Crippen LogP contribution in [0.2, 0.25) is 13.1 Å². The second-order valence-electron chi connectivity index (χ2n) is 12.9. The first-order valence-corrected chi connectivity index (χ1v) is 20.2. The van der Waals surface area contributed by atoms with E-state index in [4.69, 9.17) is 0 Å². The average Bonchev–Trinajstić information content (AvgIpc) is 3.72. The third kappa shape index (κ3) is 10.6. The van der Waals surface area contributed by atoms with E-state index in [1.807, 2.05) is 0 Å². The first-order chi connectivity index (χ1) is 23.1. The van der Waals surface area contributed by atoms with Crippen molar-refractivity contribution in [1.82, 2.24) is 0 Å². The SMILES string of the molecule is CCCCc1cc2c(-c3ccccc3CCC)cccc2[cH-]1.CCCCc1cc2c(-c3ccccc3CCC)cccc2[cH-]1.C[Si]C.[Zr+2]. The van der Waals surface area contributed by atoms with Crippen LogP contribution in [0.4, 0.5) is 0 Å². The maximum absolute atomic E-state index is 2.41. The second-order valence-corrected chi connectivity index (χ2v) is 13.9. The van der Waals surface area contributed by atoms with Gasteiger partial charge in [0.2, 0.25) is 0 Å². The summed E-state index contributed by atoms with van der Waals surface area (Å²) < 4.78 is 0. The fourth-order valence-electron chi connectivity index (χ4n) is 6.65. The Morgan fingerprint density at radius 3 is 1.21 bits per heavy atom. The quantitative estimate of drug-likeness (QED) is 0.0870. The molecule has 0 saturated carbocycles. The van der Waals surface area contributed by atoms with Crippen LogP contribution in [0.1, 0.15) is 88.5 Å². The average molecular weight is 728 g/mol. The van der Waals surface area contributed by atoms with Gasteiger partial charge in [-0.15, -0.1) is 69.1 Å². The first kappa shape index (κ1) is 39.6. The first-order valence-electron chi connectivity index (χ1n) is 18.2. The summed E-state index contributed by atoms with van der Waals surface area (Å²) in [5.74, 6) is 0. The molecule has 248 valence electrons. The molecule has 6 rings (SSSR count). The summed E-state index contributed by atoms with van der Waals surface area (Å²) in [5.41, 5.74) is 11.5. The minimum Gasteiger partial charge on any atom is -0.164 e. The van der Waals surface area contributed by atoms with Gasteiger partial charge in [-0.2, -0.15) is 12.1 Å². The Balaban J connectivity index is 0.000000236. The monoisotopic (exact) mass is 726 g/mol. The van der Waals surface area contributed by atoms with E-state index in [0.717, 1.165) is 22.4 Å². The third-order valence-corrected chi connectivity index (χ3v) is 8.91. The summed E-state index contributed by atoms with van der Waals surface area (Å²) in [6, 6.07) is 40.7. The topological polar surface area (TPSA) is 0 Å². The zero-order chi connectivity index (χ0) is 33.4. The van der Waals surface area contributed by atoms with Gasteiger partial charge in [-0.1, -0.05) is 151 Å². The third-order valence-electron chi connectivity index (χ3n) is 8.91. The molecule has 2 radical (unpaired) electrons.